The lowest BCUT2D eigenvalue weighted by Gasteiger charge is -2.42. The van der Waals surface area contributed by atoms with Crippen molar-refractivity contribution in [1.29, 1.82) is 0 Å². The van der Waals surface area contributed by atoms with Gasteiger partial charge in [0.05, 0.1) is 12.9 Å². The Morgan fingerprint density at radius 2 is 2.17 bits per heavy atom. The fourth-order valence-corrected chi connectivity index (χ4v) is 3.48. The minimum absolute atomic E-state index is 0.0226. The van der Waals surface area contributed by atoms with E-state index in [9.17, 15) is 9.59 Å². The van der Waals surface area contributed by atoms with Crippen LogP contribution >= 0.6 is 0 Å². The monoisotopic (exact) mass is 332 g/mol. The number of carbonyl (C=O) groups is 2. The maximum atomic E-state index is 13.0. The van der Waals surface area contributed by atoms with Crippen molar-refractivity contribution < 1.29 is 9.59 Å². The standard InChI is InChI=1S/C18H28N4O2/c1-14(2)10-16(23)21-8-3-6-18(12-21,22-9-7-19-13-22)17(24)20-11-15-4-5-15/h7,9,13-15H,3-6,8,10-12H2,1-2H3,(H,20,24). The summed E-state index contributed by atoms with van der Waals surface area (Å²) in [4.78, 5) is 31.6. The molecule has 2 aliphatic rings. The highest BCUT2D eigenvalue weighted by Gasteiger charge is 2.45. The number of carbonyl (C=O) groups excluding carboxylic acids is 2. The van der Waals surface area contributed by atoms with Gasteiger partial charge in [0.2, 0.25) is 11.8 Å². The summed E-state index contributed by atoms with van der Waals surface area (Å²) in [6.07, 6.45) is 9.76. The fraction of sp³-hybridized carbons (Fsp3) is 0.722. The molecule has 1 atom stereocenters. The molecule has 0 radical (unpaired) electrons. The molecule has 0 aromatic carbocycles. The van der Waals surface area contributed by atoms with Gasteiger partial charge in [-0.05, 0) is 37.5 Å². The number of hydrogen-bond acceptors (Lipinski definition) is 3. The molecule has 1 aliphatic carbocycles. The zero-order valence-electron chi connectivity index (χ0n) is 14.7. The van der Waals surface area contributed by atoms with Crippen LogP contribution in [0.15, 0.2) is 18.7 Å². The molecule has 6 nitrogen and oxygen atoms in total. The first-order valence-corrected chi connectivity index (χ1v) is 9.06. The molecule has 0 spiro atoms. The Morgan fingerprint density at radius 3 is 2.79 bits per heavy atom. The molecule has 132 valence electrons. The van der Waals surface area contributed by atoms with Gasteiger partial charge in [0.15, 0.2) is 0 Å². The molecule has 6 heteroatoms. The van der Waals surface area contributed by atoms with Gasteiger partial charge in [0, 0.05) is 31.9 Å². The maximum Gasteiger partial charge on any atom is 0.248 e. The second-order valence-corrected chi connectivity index (χ2v) is 7.67. The van der Waals surface area contributed by atoms with Crippen molar-refractivity contribution in [3.63, 3.8) is 0 Å². The number of rotatable bonds is 6. The first kappa shape index (κ1) is 17.0. The summed E-state index contributed by atoms with van der Waals surface area (Å²) < 4.78 is 1.89. The number of piperidine rings is 1. The average molecular weight is 332 g/mol. The van der Waals surface area contributed by atoms with Crippen molar-refractivity contribution in [3.8, 4) is 0 Å². The zero-order valence-corrected chi connectivity index (χ0v) is 14.7. The van der Waals surface area contributed by atoms with Crippen LogP contribution in [0.3, 0.4) is 0 Å². The Labute approximate surface area is 143 Å². The first-order valence-electron chi connectivity index (χ1n) is 9.06. The topological polar surface area (TPSA) is 67.2 Å². The van der Waals surface area contributed by atoms with Gasteiger partial charge >= 0.3 is 0 Å². The van der Waals surface area contributed by atoms with Crippen LogP contribution in [0.25, 0.3) is 0 Å². The number of likely N-dealkylation sites (tertiary alicyclic amines) is 1. The van der Waals surface area contributed by atoms with Crippen LogP contribution in [0.4, 0.5) is 0 Å². The third-order valence-corrected chi connectivity index (χ3v) is 5.08. The van der Waals surface area contributed by atoms with Crippen LogP contribution in [0.5, 0.6) is 0 Å². The van der Waals surface area contributed by atoms with E-state index in [-0.39, 0.29) is 11.8 Å². The number of imidazole rings is 1. The molecule has 1 N–H and O–H groups in total. The van der Waals surface area contributed by atoms with E-state index in [0.29, 0.717) is 24.8 Å². The largest absolute Gasteiger partial charge is 0.354 e. The molecule has 1 saturated carbocycles. The van der Waals surface area contributed by atoms with E-state index >= 15 is 0 Å². The minimum Gasteiger partial charge on any atom is -0.354 e. The highest BCUT2D eigenvalue weighted by Crippen LogP contribution is 2.32. The lowest BCUT2D eigenvalue weighted by Crippen LogP contribution is -2.59. The van der Waals surface area contributed by atoms with Crippen LogP contribution in [0, 0.1) is 11.8 Å². The second kappa shape index (κ2) is 6.95. The molecule has 3 rings (SSSR count). The summed E-state index contributed by atoms with van der Waals surface area (Å²) in [7, 11) is 0. The molecule has 2 amide bonds. The van der Waals surface area contributed by atoms with Crippen molar-refractivity contribution in [2.24, 2.45) is 11.8 Å². The molecule has 1 aliphatic heterocycles. The summed E-state index contributed by atoms with van der Waals surface area (Å²) >= 11 is 0. The quantitative estimate of drug-likeness (QED) is 0.863. The lowest BCUT2D eigenvalue weighted by atomic mass is 9.87. The van der Waals surface area contributed by atoms with Gasteiger partial charge in [-0.25, -0.2) is 4.98 Å². The molecule has 2 heterocycles. The van der Waals surface area contributed by atoms with Gasteiger partial charge in [0.25, 0.3) is 0 Å². The molecule has 1 aromatic rings. The molecular formula is C18H28N4O2. The molecule has 0 bridgehead atoms. The van der Waals surface area contributed by atoms with Crippen molar-refractivity contribution in [3.05, 3.63) is 18.7 Å². The van der Waals surface area contributed by atoms with Crippen molar-refractivity contribution in [2.75, 3.05) is 19.6 Å². The van der Waals surface area contributed by atoms with E-state index in [1.54, 1.807) is 12.5 Å². The third kappa shape index (κ3) is 3.62. The highest BCUT2D eigenvalue weighted by molar-refractivity contribution is 5.86. The summed E-state index contributed by atoms with van der Waals surface area (Å²) in [6, 6.07) is 0. The molecule has 1 unspecified atom stereocenters. The van der Waals surface area contributed by atoms with Gasteiger partial charge in [-0.1, -0.05) is 13.8 Å². The Hall–Kier alpha value is -1.85. The number of amides is 2. The SMILES string of the molecule is CC(C)CC(=O)N1CCCC(C(=O)NCC2CC2)(n2ccnc2)C1. The van der Waals surface area contributed by atoms with Crippen LogP contribution in [-0.4, -0.2) is 45.9 Å². The highest BCUT2D eigenvalue weighted by atomic mass is 16.2. The van der Waals surface area contributed by atoms with E-state index in [0.717, 1.165) is 25.9 Å². The van der Waals surface area contributed by atoms with E-state index in [1.165, 1.54) is 12.8 Å². The van der Waals surface area contributed by atoms with Gasteiger partial charge in [-0.3, -0.25) is 9.59 Å². The van der Waals surface area contributed by atoms with Gasteiger partial charge in [-0.2, -0.15) is 0 Å². The normalized spacial score (nSPS) is 24.2. The summed E-state index contributed by atoms with van der Waals surface area (Å²) in [6.45, 7) is 6.01. The van der Waals surface area contributed by atoms with E-state index in [1.807, 2.05) is 29.5 Å². The third-order valence-electron chi connectivity index (χ3n) is 5.08. The molecule has 2 fully saturated rings. The predicted molar refractivity (Wildman–Crippen MR) is 91.2 cm³/mol. The second-order valence-electron chi connectivity index (χ2n) is 7.67. The number of nitrogens with zero attached hydrogens (tertiary/aromatic N) is 3. The van der Waals surface area contributed by atoms with E-state index in [2.05, 4.69) is 10.3 Å². The zero-order chi connectivity index (χ0) is 17.2. The summed E-state index contributed by atoms with van der Waals surface area (Å²) in [5.74, 6) is 1.13. The van der Waals surface area contributed by atoms with Crippen molar-refractivity contribution >= 4 is 11.8 Å². The Kier molecular flexibility index (Phi) is 4.92. The summed E-state index contributed by atoms with van der Waals surface area (Å²) in [5, 5.41) is 3.12. The van der Waals surface area contributed by atoms with Crippen molar-refractivity contribution in [2.45, 2.75) is 51.5 Å². The van der Waals surface area contributed by atoms with Gasteiger partial charge in [0.1, 0.15) is 5.54 Å². The maximum absolute atomic E-state index is 13.0. The summed E-state index contributed by atoms with van der Waals surface area (Å²) in [5.41, 5.74) is -0.726. The number of aromatic nitrogens is 2. The molecular weight excluding hydrogens is 304 g/mol. The molecule has 24 heavy (non-hydrogen) atoms. The van der Waals surface area contributed by atoms with E-state index in [4.69, 9.17) is 0 Å². The molecule has 1 aromatic heterocycles. The smallest absolute Gasteiger partial charge is 0.248 e. The first-order chi connectivity index (χ1) is 11.5. The molecule has 1 saturated heterocycles. The Balaban J connectivity index is 1.78. The Morgan fingerprint density at radius 1 is 1.38 bits per heavy atom. The average Bonchev–Trinajstić information content (AvgIpc) is 3.22. The van der Waals surface area contributed by atoms with Crippen LogP contribution in [0.2, 0.25) is 0 Å². The minimum atomic E-state index is -0.726. The van der Waals surface area contributed by atoms with Gasteiger partial charge in [-0.15, -0.1) is 0 Å². The predicted octanol–water partition coefficient (Wildman–Crippen LogP) is 1.77. The van der Waals surface area contributed by atoms with Crippen LogP contribution in [0.1, 0.15) is 46.0 Å². The van der Waals surface area contributed by atoms with E-state index < -0.39 is 5.54 Å². The fourth-order valence-electron chi connectivity index (χ4n) is 3.48. The van der Waals surface area contributed by atoms with Gasteiger partial charge < -0.3 is 14.8 Å². The number of nitrogens with one attached hydrogen (secondary N) is 1. The Bertz CT molecular complexity index is 580. The lowest BCUT2D eigenvalue weighted by molar-refractivity contribution is -0.141. The van der Waals surface area contributed by atoms with Crippen molar-refractivity contribution in [1.82, 2.24) is 19.8 Å². The van der Waals surface area contributed by atoms with Crippen LogP contribution in [-0.2, 0) is 15.1 Å². The van der Waals surface area contributed by atoms with Crippen LogP contribution < -0.4 is 5.32 Å². The number of hydrogen-bond donors (Lipinski definition) is 1.